The van der Waals surface area contributed by atoms with Crippen molar-refractivity contribution >= 4 is 5.95 Å². The van der Waals surface area contributed by atoms with Gasteiger partial charge in [0.2, 0.25) is 12.7 Å². The zero-order chi connectivity index (χ0) is 16.5. The van der Waals surface area contributed by atoms with Crippen molar-refractivity contribution in [1.29, 1.82) is 0 Å². The molecule has 0 spiro atoms. The fraction of sp³-hybridized carbons (Fsp3) is 0.444. The maximum Gasteiger partial charge on any atom is 0.231 e. The van der Waals surface area contributed by atoms with Crippen LogP contribution in [0.5, 0.6) is 11.5 Å². The molecule has 0 unspecified atom stereocenters. The van der Waals surface area contributed by atoms with Crippen molar-refractivity contribution in [1.82, 2.24) is 14.9 Å². The molecule has 1 fully saturated rings. The van der Waals surface area contributed by atoms with Gasteiger partial charge in [-0.25, -0.2) is 9.97 Å². The highest BCUT2D eigenvalue weighted by molar-refractivity contribution is 5.44. The summed E-state index contributed by atoms with van der Waals surface area (Å²) in [4.78, 5) is 13.8. The van der Waals surface area contributed by atoms with Crippen LogP contribution in [0.3, 0.4) is 0 Å². The molecule has 0 amide bonds. The quantitative estimate of drug-likeness (QED) is 0.861. The second-order valence-electron chi connectivity index (χ2n) is 6.39. The Morgan fingerprint density at radius 2 is 1.83 bits per heavy atom. The number of aromatic nitrogens is 2. The summed E-state index contributed by atoms with van der Waals surface area (Å²) in [5, 5.41) is 0. The first kappa shape index (κ1) is 15.2. The first-order valence-electron chi connectivity index (χ1n) is 8.35. The molecule has 2 aliphatic heterocycles. The summed E-state index contributed by atoms with van der Waals surface area (Å²) in [6.07, 6.45) is 1.91. The van der Waals surface area contributed by atoms with Gasteiger partial charge in [0.15, 0.2) is 11.5 Å². The van der Waals surface area contributed by atoms with Gasteiger partial charge in [-0.2, -0.15) is 0 Å². The number of hydrogen-bond donors (Lipinski definition) is 0. The van der Waals surface area contributed by atoms with Crippen LogP contribution in [-0.4, -0.2) is 47.8 Å². The standard InChI is InChI=1S/C18H22N4O2/c1-13-10-19-18(20-14(13)2)22-7-5-21(6-8-22)11-15-3-4-16-17(9-15)24-12-23-16/h3-4,9-10H,5-8,11-12H2,1-2H3. The number of nitrogens with zero attached hydrogens (tertiary/aromatic N) is 4. The van der Waals surface area contributed by atoms with Crippen molar-refractivity contribution in [3.05, 3.63) is 41.2 Å². The van der Waals surface area contributed by atoms with Crippen LogP contribution in [0.1, 0.15) is 16.8 Å². The maximum absolute atomic E-state index is 5.46. The third kappa shape index (κ3) is 3.01. The van der Waals surface area contributed by atoms with Gasteiger partial charge in [0, 0.05) is 44.6 Å². The third-order valence-corrected chi connectivity index (χ3v) is 4.71. The molecule has 0 aliphatic carbocycles. The van der Waals surface area contributed by atoms with Gasteiger partial charge in [-0.3, -0.25) is 4.90 Å². The van der Waals surface area contributed by atoms with E-state index in [0.717, 1.165) is 61.4 Å². The lowest BCUT2D eigenvalue weighted by atomic mass is 10.1. The van der Waals surface area contributed by atoms with Crippen LogP contribution in [0.2, 0.25) is 0 Å². The van der Waals surface area contributed by atoms with Gasteiger partial charge in [0.05, 0.1) is 0 Å². The van der Waals surface area contributed by atoms with Crippen LogP contribution < -0.4 is 14.4 Å². The maximum atomic E-state index is 5.46. The second kappa shape index (κ2) is 6.28. The Balaban J connectivity index is 1.36. The summed E-state index contributed by atoms with van der Waals surface area (Å²) in [7, 11) is 0. The smallest absolute Gasteiger partial charge is 0.231 e. The molecule has 0 bridgehead atoms. The first-order valence-corrected chi connectivity index (χ1v) is 8.35. The Bertz CT molecular complexity index is 742. The summed E-state index contributed by atoms with van der Waals surface area (Å²) in [5.41, 5.74) is 3.46. The number of hydrogen-bond acceptors (Lipinski definition) is 6. The fourth-order valence-corrected chi connectivity index (χ4v) is 3.07. The lowest BCUT2D eigenvalue weighted by molar-refractivity contribution is 0.174. The van der Waals surface area contributed by atoms with Gasteiger partial charge < -0.3 is 14.4 Å². The number of ether oxygens (including phenoxy) is 2. The van der Waals surface area contributed by atoms with E-state index in [1.54, 1.807) is 0 Å². The molecule has 2 aromatic rings. The van der Waals surface area contributed by atoms with E-state index in [1.807, 2.05) is 26.1 Å². The van der Waals surface area contributed by atoms with E-state index >= 15 is 0 Å². The van der Waals surface area contributed by atoms with Crippen molar-refractivity contribution < 1.29 is 9.47 Å². The molecule has 4 rings (SSSR count). The van der Waals surface area contributed by atoms with Crippen molar-refractivity contribution in [2.45, 2.75) is 20.4 Å². The fourth-order valence-electron chi connectivity index (χ4n) is 3.07. The summed E-state index contributed by atoms with van der Waals surface area (Å²) in [5.74, 6) is 2.55. The van der Waals surface area contributed by atoms with Crippen LogP contribution in [0.25, 0.3) is 0 Å². The Morgan fingerprint density at radius 1 is 1.04 bits per heavy atom. The molecule has 1 aromatic carbocycles. The van der Waals surface area contributed by atoms with Crippen molar-refractivity contribution in [2.24, 2.45) is 0 Å². The number of benzene rings is 1. The molecule has 2 aliphatic rings. The first-order chi connectivity index (χ1) is 11.7. The van der Waals surface area contributed by atoms with E-state index in [9.17, 15) is 0 Å². The van der Waals surface area contributed by atoms with Gasteiger partial charge in [-0.15, -0.1) is 0 Å². The molecule has 1 saturated heterocycles. The zero-order valence-electron chi connectivity index (χ0n) is 14.2. The Labute approximate surface area is 142 Å². The van der Waals surface area contributed by atoms with E-state index in [4.69, 9.17) is 9.47 Å². The van der Waals surface area contributed by atoms with Crippen LogP contribution in [0, 0.1) is 13.8 Å². The molecule has 126 valence electrons. The molecule has 0 saturated carbocycles. The van der Waals surface area contributed by atoms with E-state index in [2.05, 4.69) is 31.9 Å². The topological polar surface area (TPSA) is 50.7 Å². The largest absolute Gasteiger partial charge is 0.454 e. The van der Waals surface area contributed by atoms with Crippen molar-refractivity contribution in [3.63, 3.8) is 0 Å². The number of anilines is 1. The molecular formula is C18H22N4O2. The van der Waals surface area contributed by atoms with E-state index in [1.165, 1.54) is 5.56 Å². The molecule has 3 heterocycles. The predicted octanol–water partition coefficient (Wildman–Crippen LogP) is 2.14. The normalized spacial score (nSPS) is 17.3. The average molecular weight is 326 g/mol. The summed E-state index contributed by atoms with van der Waals surface area (Å²) >= 11 is 0. The Morgan fingerprint density at radius 3 is 2.62 bits per heavy atom. The highest BCUT2D eigenvalue weighted by Crippen LogP contribution is 2.32. The molecular weight excluding hydrogens is 304 g/mol. The minimum absolute atomic E-state index is 0.327. The molecule has 6 nitrogen and oxygen atoms in total. The van der Waals surface area contributed by atoms with E-state index < -0.39 is 0 Å². The molecule has 0 N–H and O–H groups in total. The lowest BCUT2D eigenvalue weighted by Gasteiger charge is -2.34. The number of rotatable bonds is 3. The summed E-state index contributed by atoms with van der Waals surface area (Å²) < 4.78 is 10.8. The third-order valence-electron chi connectivity index (χ3n) is 4.71. The van der Waals surface area contributed by atoms with Gasteiger partial charge >= 0.3 is 0 Å². The van der Waals surface area contributed by atoms with E-state index in [0.29, 0.717) is 6.79 Å². The zero-order valence-corrected chi connectivity index (χ0v) is 14.2. The van der Waals surface area contributed by atoms with Crippen LogP contribution in [0.4, 0.5) is 5.95 Å². The number of fused-ring (bicyclic) bond motifs is 1. The van der Waals surface area contributed by atoms with E-state index in [-0.39, 0.29) is 0 Å². The highest BCUT2D eigenvalue weighted by atomic mass is 16.7. The van der Waals surface area contributed by atoms with Crippen molar-refractivity contribution in [2.75, 3.05) is 37.9 Å². The molecule has 0 atom stereocenters. The number of piperazine rings is 1. The SMILES string of the molecule is Cc1cnc(N2CCN(Cc3ccc4c(c3)OCO4)CC2)nc1C. The average Bonchev–Trinajstić information content (AvgIpc) is 3.06. The Kier molecular flexibility index (Phi) is 3.98. The summed E-state index contributed by atoms with van der Waals surface area (Å²) in [6.45, 7) is 9.25. The van der Waals surface area contributed by atoms with Crippen molar-refractivity contribution in [3.8, 4) is 11.5 Å². The minimum atomic E-state index is 0.327. The molecule has 6 heteroatoms. The lowest BCUT2D eigenvalue weighted by Crippen LogP contribution is -2.46. The monoisotopic (exact) mass is 326 g/mol. The summed E-state index contributed by atoms with van der Waals surface area (Å²) in [6, 6.07) is 6.20. The second-order valence-corrected chi connectivity index (χ2v) is 6.39. The van der Waals surface area contributed by atoms with Gasteiger partial charge in [-0.05, 0) is 37.1 Å². The van der Waals surface area contributed by atoms with Gasteiger partial charge in [-0.1, -0.05) is 6.07 Å². The predicted molar refractivity (Wildman–Crippen MR) is 91.6 cm³/mol. The van der Waals surface area contributed by atoms with Gasteiger partial charge in [0.1, 0.15) is 0 Å². The molecule has 24 heavy (non-hydrogen) atoms. The van der Waals surface area contributed by atoms with Crippen LogP contribution >= 0.6 is 0 Å². The highest BCUT2D eigenvalue weighted by Gasteiger charge is 2.20. The van der Waals surface area contributed by atoms with Crippen LogP contribution in [0.15, 0.2) is 24.4 Å². The molecule has 1 aromatic heterocycles. The van der Waals surface area contributed by atoms with Gasteiger partial charge in [0.25, 0.3) is 0 Å². The van der Waals surface area contributed by atoms with Crippen LogP contribution in [-0.2, 0) is 6.54 Å². The minimum Gasteiger partial charge on any atom is -0.454 e. The Hall–Kier alpha value is -2.34. The molecule has 0 radical (unpaired) electrons. The number of aryl methyl sites for hydroxylation is 2.